The monoisotopic (exact) mass is 346 g/mol. The average Bonchev–Trinajstić information content (AvgIpc) is 2.36. The summed E-state index contributed by atoms with van der Waals surface area (Å²) in [6, 6.07) is 8.58. The molecule has 19 heavy (non-hydrogen) atoms. The van der Waals surface area contributed by atoms with Crippen molar-refractivity contribution in [1.29, 1.82) is 0 Å². The van der Waals surface area contributed by atoms with Gasteiger partial charge in [0.1, 0.15) is 17.2 Å². The minimum atomic E-state index is -1.81. The van der Waals surface area contributed by atoms with Crippen LogP contribution >= 0.6 is 27.5 Å². The van der Waals surface area contributed by atoms with E-state index in [0.29, 0.717) is 4.47 Å². The summed E-state index contributed by atoms with van der Waals surface area (Å²) in [5, 5.41) is 10.3. The number of rotatable bonds is 2. The summed E-state index contributed by atoms with van der Waals surface area (Å²) in [4.78, 5) is 0. The summed E-state index contributed by atoms with van der Waals surface area (Å²) < 4.78 is 28.3. The van der Waals surface area contributed by atoms with Gasteiger partial charge in [-0.05, 0) is 35.0 Å². The largest absolute Gasteiger partial charge is 0.380 e. The molecular weight excluding hydrogens is 338 g/mol. The molecule has 0 radical (unpaired) electrons. The first-order valence-corrected chi connectivity index (χ1v) is 6.64. The smallest absolute Gasteiger partial charge is 0.149 e. The van der Waals surface area contributed by atoms with E-state index < -0.39 is 17.2 Å². The Labute approximate surface area is 123 Å². The second kappa shape index (κ2) is 5.19. The molecule has 0 fully saturated rings. The highest BCUT2D eigenvalue weighted by molar-refractivity contribution is 9.10. The number of benzene rings is 2. The molecule has 5 heteroatoms. The Bertz CT molecular complexity index is 629. The number of hydrogen-bond acceptors (Lipinski definition) is 1. The van der Waals surface area contributed by atoms with Gasteiger partial charge in [0, 0.05) is 15.6 Å². The second-order valence-electron chi connectivity index (χ2n) is 4.27. The molecule has 2 rings (SSSR count). The van der Waals surface area contributed by atoms with Gasteiger partial charge in [0.2, 0.25) is 0 Å². The third-order valence-corrected chi connectivity index (χ3v) is 4.22. The van der Waals surface area contributed by atoms with Gasteiger partial charge >= 0.3 is 0 Å². The first-order chi connectivity index (χ1) is 8.85. The van der Waals surface area contributed by atoms with E-state index in [-0.39, 0.29) is 16.1 Å². The lowest BCUT2D eigenvalue weighted by atomic mass is 9.87. The fourth-order valence-corrected chi connectivity index (χ4v) is 2.37. The molecule has 0 aliphatic heterocycles. The van der Waals surface area contributed by atoms with E-state index in [1.807, 2.05) is 0 Å². The van der Waals surface area contributed by atoms with E-state index in [0.717, 1.165) is 0 Å². The van der Waals surface area contributed by atoms with Crippen LogP contribution < -0.4 is 0 Å². The lowest BCUT2D eigenvalue weighted by molar-refractivity contribution is 0.0938. The zero-order valence-corrected chi connectivity index (χ0v) is 12.3. The van der Waals surface area contributed by atoms with Crippen molar-refractivity contribution in [3.05, 3.63) is 68.7 Å². The van der Waals surface area contributed by atoms with Gasteiger partial charge in [-0.15, -0.1) is 0 Å². The molecule has 0 saturated heterocycles. The van der Waals surface area contributed by atoms with Crippen LogP contribution in [0.2, 0.25) is 5.02 Å². The summed E-state index contributed by atoms with van der Waals surface area (Å²) in [5.41, 5.74) is -1.89. The van der Waals surface area contributed by atoms with Crippen molar-refractivity contribution in [3.63, 3.8) is 0 Å². The third-order valence-electron chi connectivity index (χ3n) is 2.96. The Hall–Kier alpha value is -0.970. The maximum atomic E-state index is 14.1. The zero-order chi connectivity index (χ0) is 14.2. The average molecular weight is 348 g/mol. The van der Waals surface area contributed by atoms with Crippen molar-refractivity contribution in [2.75, 3.05) is 0 Å². The van der Waals surface area contributed by atoms with Crippen molar-refractivity contribution in [2.24, 2.45) is 0 Å². The number of aliphatic hydroxyl groups is 1. The molecule has 0 aliphatic carbocycles. The van der Waals surface area contributed by atoms with E-state index in [9.17, 15) is 13.9 Å². The van der Waals surface area contributed by atoms with Crippen molar-refractivity contribution in [1.82, 2.24) is 0 Å². The highest BCUT2D eigenvalue weighted by Gasteiger charge is 2.32. The van der Waals surface area contributed by atoms with Gasteiger partial charge in [-0.1, -0.05) is 35.9 Å². The fraction of sp³-hybridized carbons (Fsp3) is 0.143. The van der Waals surface area contributed by atoms with Gasteiger partial charge in [0.15, 0.2) is 0 Å². The predicted octanol–water partition coefficient (Wildman–Crippen LogP) is 4.64. The zero-order valence-electron chi connectivity index (χ0n) is 9.92. The van der Waals surface area contributed by atoms with E-state index in [2.05, 4.69) is 15.9 Å². The van der Waals surface area contributed by atoms with Crippen LogP contribution in [-0.2, 0) is 5.60 Å². The van der Waals surface area contributed by atoms with Crippen LogP contribution in [0, 0.1) is 11.6 Å². The molecule has 0 aromatic heterocycles. The summed E-state index contributed by atoms with van der Waals surface area (Å²) in [5.74, 6) is -1.38. The van der Waals surface area contributed by atoms with Crippen molar-refractivity contribution >= 4 is 27.5 Å². The van der Waals surface area contributed by atoms with Gasteiger partial charge in [0.25, 0.3) is 0 Å². The molecule has 0 spiro atoms. The lowest BCUT2D eigenvalue weighted by Gasteiger charge is -2.26. The van der Waals surface area contributed by atoms with Gasteiger partial charge in [-0.25, -0.2) is 8.78 Å². The SMILES string of the molecule is CC(O)(c1ccccc1F)c1ccc(Br)c(Cl)c1F. The highest BCUT2D eigenvalue weighted by Crippen LogP contribution is 2.37. The van der Waals surface area contributed by atoms with Gasteiger partial charge in [-0.3, -0.25) is 0 Å². The maximum absolute atomic E-state index is 14.1. The van der Waals surface area contributed by atoms with Crippen molar-refractivity contribution in [3.8, 4) is 0 Å². The fourth-order valence-electron chi connectivity index (χ4n) is 1.90. The van der Waals surface area contributed by atoms with Crippen LogP contribution in [0.1, 0.15) is 18.1 Å². The maximum Gasteiger partial charge on any atom is 0.149 e. The molecule has 1 N–H and O–H groups in total. The van der Waals surface area contributed by atoms with Crippen LogP contribution in [0.25, 0.3) is 0 Å². The minimum absolute atomic E-state index is 0.00714. The molecule has 2 aromatic rings. The van der Waals surface area contributed by atoms with Crippen LogP contribution in [0.5, 0.6) is 0 Å². The number of halogens is 4. The third kappa shape index (κ3) is 2.53. The normalized spacial score (nSPS) is 14.2. The number of hydrogen-bond donors (Lipinski definition) is 1. The highest BCUT2D eigenvalue weighted by atomic mass is 79.9. The van der Waals surface area contributed by atoms with Crippen LogP contribution in [-0.4, -0.2) is 5.11 Å². The molecule has 100 valence electrons. The van der Waals surface area contributed by atoms with Gasteiger partial charge in [-0.2, -0.15) is 0 Å². The first kappa shape index (κ1) is 14.4. The molecule has 0 heterocycles. The van der Waals surface area contributed by atoms with Gasteiger partial charge in [0.05, 0.1) is 5.02 Å². The van der Waals surface area contributed by atoms with Gasteiger partial charge < -0.3 is 5.11 Å². The Morgan fingerprint density at radius 1 is 1.11 bits per heavy atom. The summed E-state index contributed by atoms with van der Waals surface area (Å²) in [6.07, 6.45) is 0. The summed E-state index contributed by atoms with van der Waals surface area (Å²) >= 11 is 8.88. The van der Waals surface area contributed by atoms with Crippen LogP contribution in [0.15, 0.2) is 40.9 Å². The standard InChI is InChI=1S/C14H10BrClF2O/c1-14(19,8-4-2-3-5-11(8)17)9-6-7-10(15)12(16)13(9)18/h2-7,19H,1H3. The molecule has 0 saturated carbocycles. The quantitative estimate of drug-likeness (QED) is 0.785. The Balaban J connectivity index is 2.64. The van der Waals surface area contributed by atoms with E-state index >= 15 is 0 Å². The molecule has 1 unspecified atom stereocenters. The van der Waals surface area contributed by atoms with E-state index in [1.165, 1.54) is 37.3 Å². The second-order valence-corrected chi connectivity index (χ2v) is 5.51. The molecule has 1 nitrogen and oxygen atoms in total. The molecule has 0 aliphatic rings. The topological polar surface area (TPSA) is 20.2 Å². The Kier molecular flexibility index (Phi) is 3.95. The van der Waals surface area contributed by atoms with Crippen molar-refractivity contribution in [2.45, 2.75) is 12.5 Å². The summed E-state index contributed by atoms with van der Waals surface area (Å²) in [7, 11) is 0. The lowest BCUT2D eigenvalue weighted by Crippen LogP contribution is -2.25. The predicted molar refractivity (Wildman–Crippen MR) is 74.2 cm³/mol. The Morgan fingerprint density at radius 2 is 1.74 bits per heavy atom. The van der Waals surface area contributed by atoms with E-state index in [4.69, 9.17) is 11.6 Å². The molecule has 0 bridgehead atoms. The Morgan fingerprint density at radius 3 is 2.37 bits per heavy atom. The minimum Gasteiger partial charge on any atom is -0.380 e. The van der Waals surface area contributed by atoms with Crippen LogP contribution in [0.4, 0.5) is 8.78 Å². The van der Waals surface area contributed by atoms with E-state index in [1.54, 1.807) is 6.07 Å². The molecular formula is C14H10BrClF2O. The van der Waals surface area contributed by atoms with Crippen LogP contribution in [0.3, 0.4) is 0 Å². The molecule has 0 amide bonds. The van der Waals surface area contributed by atoms with Crippen molar-refractivity contribution < 1.29 is 13.9 Å². The molecule has 2 aromatic carbocycles. The summed E-state index contributed by atoms with van der Waals surface area (Å²) in [6.45, 7) is 1.33. The molecule has 1 atom stereocenters. The first-order valence-electron chi connectivity index (χ1n) is 5.47.